The molecule has 2 unspecified atom stereocenters. The summed E-state index contributed by atoms with van der Waals surface area (Å²) in [5.74, 6) is 0.00477. The lowest BCUT2D eigenvalue weighted by Crippen LogP contribution is -2.57. The Labute approximate surface area is 192 Å². The summed E-state index contributed by atoms with van der Waals surface area (Å²) in [5.41, 5.74) is 0.561. The van der Waals surface area contributed by atoms with E-state index in [2.05, 4.69) is 10.2 Å². The van der Waals surface area contributed by atoms with Crippen molar-refractivity contribution in [3.05, 3.63) is 35.9 Å². The molecule has 2 fully saturated rings. The maximum atomic E-state index is 13.3. The summed E-state index contributed by atoms with van der Waals surface area (Å²) in [4.78, 5) is 44.7. The number of nitrogens with zero attached hydrogens (tertiary/aromatic N) is 3. The van der Waals surface area contributed by atoms with E-state index in [-0.39, 0.29) is 23.6 Å². The summed E-state index contributed by atoms with van der Waals surface area (Å²) in [6.45, 7) is 8.75. The minimum absolute atomic E-state index is 0.0258. The largest absolute Gasteiger partial charge is 0.342 e. The average Bonchev–Trinajstić information content (AvgIpc) is 3.12. The number of benzene rings is 1. The standard InChI is InChI=1S/C25H38N4O3/c1-3-20(2)23(26-24(31)21-11-7-6-8-12-21)25(32)29-17-15-27(16-18-29)19-22(30)28-13-9-4-5-10-14-28/h6-8,11-12,20,23H,3-5,9-10,13-19H2,1-2H3,(H,26,31). The van der Waals surface area contributed by atoms with Crippen molar-refractivity contribution in [3.8, 4) is 0 Å². The Hall–Kier alpha value is -2.41. The fourth-order valence-corrected chi connectivity index (χ4v) is 4.43. The monoisotopic (exact) mass is 442 g/mol. The summed E-state index contributed by atoms with van der Waals surface area (Å²) in [7, 11) is 0. The van der Waals surface area contributed by atoms with Gasteiger partial charge in [0.25, 0.3) is 5.91 Å². The van der Waals surface area contributed by atoms with Gasteiger partial charge in [0, 0.05) is 44.8 Å². The molecule has 1 aromatic rings. The molecule has 7 heteroatoms. The van der Waals surface area contributed by atoms with Crippen LogP contribution in [0.15, 0.2) is 30.3 Å². The van der Waals surface area contributed by atoms with Crippen LogP contribution in [0.4, 0.5) is 0 Å². The van der Waals surface area contributed by atoms with Crippen molar-refractivity contribution in [2.45, 2.75) is 52.0 Å². The van der Waals surface area contributed by atoms with Gasteiger partial charge in [-0.1, -0.05) is 51.3 Å². The van der Waals surface area contributed by atoms with Crippen molar-refractivity contribution in [1.82, 2.24) is 20.0 Å². The highest BCUT2D eigenvalue weighted by molar-refractivity contribution is 5.97. The lowest BCUT2D eigenvalue weighted by Gasteiger charge is -2.38. The van der Waals surface area contributed by atoms with Crippen molar-refractivity contribution >= 4 is 17.7 Å². The zero-order valence-electron chi connectivity index (χ0n) is 19.6. The van der Waals surface area contributed by atoms with Crippen LogP contribution in [0.5, 0.6) is 0 Å². The molecule has 32 heavy (non-hydrogen) atoms. The maximum Gasteiger partial charge on any atom is 0.251 e. The third kappa shape index (κ3) is 6.55. The van der Waals surface area contributed by atoms with E-state index in [0.29, 0.717) is 38.3 Å². The summed E-state index contributed by atoms with van der Waals surface area (Å²) < 4.78 is 0. The molecule has 2 heterocycles. The van der Waals surface area contributed by atoms with E-state index in [9.17, 15) is 14.4 Å². The predicted octanol–water partition coefficient (Wildman–Crippen LogP) is 2.38. The number of amides is 3. The van der Waals surface area contributed by atoms with Crippen LogP contribution in [0.1, 0.15) is 56.3 Å². The van der Waals surface area contributed by atoms with Gasteiger partial charge in [-0.15, -0.1) is 0 Å². The maximum absolute atomic E-state index is 13.3. The quantitative estimate of drug-likeness (QED) is 0.704. The topological polar surface area (TPSA) is 73.0 Å². The SMILES string of the molecule is CCC(C)C(NC(=O)c1ccccc1)C(=O)N1CCN(CC(=O)N2CCCCCC2)CC1. The van der Waals surface area contributed by atoms with Gasteiger partial charge in [-0.2, -0.15) is 0 Å². The summed E-state index contributed by atoms with van der Waals surface area (Å²) in [6.07, 6.45) is 5.42. The Bertz CT molecular complexity index is 754. The lowest BCUT2D eigenvalue weighted by molar-refractivity contribution is -0.137. The molecule has 0 radical (unpaired) electrons. The molecular weight excluding hydrogens is 404 g/mol. The Morgan fingerprint density at radius 3 is 2.09 bits per heavy atom. The smallest absolute Gasteiger partial charge is 0.251 e. The molecule has 0 aliphatic carbocycles. The van der Waals surface area contributed by atoms with Crippen LogP contribution in [-0.2, 0) is 9.59 Å². The van der Waals surface area contributed by atoms with Crippen LogP contribution in [0.25, 0.3) is 0 Å². The molecular formula is C25H38N4O3. The van der Waals surface area contributed by atoms with E-state index in [0.717, 1.165) is 32.4 Å². The number of nitrogens with one attached hydrogen (secondary N) is 1. The molecule has 1 aromatic carbocycles. The minimum atomic E-state index is -0.544. The summed E-state index contributed by atoms with van der Waals surface area (Å²) in [6, 6.07) is 8.48. The molecule has 2 atom stereocenters. The predicted molar refractivity (Wildman–Crippen MR) is 125 cm³/mol. The van der Waals surface area contributed by atoms with Gasteiger partial charge in [0.15, 0.2) is 0 Å². The van der Waals surface area contributed by atoms with Gasteiger partial charge in [0.2, 0.25) is 11.8 Å². The molecule has 3 rings (SSSR count). The van der Waals surface area contributed by atoms with Crippen molar-refractivity contribution in [2.75, 3.05) is 45.8 Å². The van der Waals surface area contributed by atoms with E-state index in [1.165, 1.54) is 12.8 Å². The van der Waals surface area contributed by atoms with Gasteiger partial charge in [0.1, 0.15) is 6.04 Å². The number of piperazine rings is 1. The van der Waals surface area contributed by atoms with Crippen molar-refractivity contribution in [2.24, 2.45) is 5.92 Å². The molecule has 176 valence electrons. The first-order valence-electron chi connectivity index (χ1n) is 12.1. The first-order chi connectivity index (χ1) is 15.5. The van der Waals surface area contributed by atoms with Crippen LogP contribution < -0.4 is 5.32 Å². The molecule has 3 amide bonds. The molecule has 2 saturated heterocycles. The highest BCUT2D eigenvalue weighted by Crippen LogP contribution is 2.15. The normalized spacial score (nSPS) is 19.7. The Kier molecular flexibility index (Phi) is 9.09. The highest BCUT2D eigenvalue weighted by atomic mass is 16.2. The van der Waals surface area contributed by atoms with Crippen molar-refractivity contribution in [3.63, 3.8) is 0 Å². The van der Waals surface area contributed by atoms with Gasteiger partial charge >= 0.3 is 0 Å². The Morgan fingerprint density at radius 2 is 1.50 bits per heavy atom. The number of carbonyl (C=O) groups is 3. The number of hydrogen-bond donors (Lipinski definition) is 1. The summed E-state index contributed by atoms with van der Waals surface area (Å²) in [5, 5.41) is 2.97. The van der Waals surface area contributed by atoms with E-state index < -0.39 is 6.04 Å². The van der Waals surface area contributed by atoms with Gasteiger partial charge < -0.3 is 15.1 Å². The molecule has 2 aliphatic rings. The third-order valence-corrected chi connectivity index (χ3v) is 6.80. The molecule has 0 aromatic heterocycles. The fourth-order valence-electron chi connectivity index (χ4n) is 4.43. The van der Waals surface area contributed by atoms with Gasteiger partial charge in [-0.25, -0.2) is 0 Å². The van der Waals surface area contributed by atoms with E-state index in [1.54, 1.807) is 12.1 Å². The highest BCUT2D eigenvalue weighted by Gasteiger charge is 2.32. The van der Waals surface area contributed by atoms with E-state index in [1.807, 2.05) is 41.8 Å². The second kappa shape index (κ2) is 12.0. The average molecular weight is 443 g/mol. The van der Waals surface area contributed by atoms with Crippen LogP contribution in [0, 0.1) is 5.92 Å². The van der Waals surface area contributed by atoms with Gasteiger partial charge in [0.05, 0.1) is 6.54 Å². The minimum Gasteiger partial charge on any atom is -0.342 e. The first-order valence-corrected chi connectivity index (χ1v) is 12.1. The summed E-state index contributed by atoms with van der Waals surface area (Å²) >= 11 is 0. The zero-order valence-corrected chi connectivity index (χ0v) is 19.6. The third-order valence-electron chi connectivity index (χ3n) is 6.80. The fraction of sp³-hybridized carbons (Fsp3) is 0.640. The molecule has 1 N–H and O–H groups in total. The van der Waals surface area contributed by atoms with Gasteiger partial charge in [-0.3, -0.25) is 19.3 Å². The molecule has 0 spiro atoms. The van der Waals surface area contributed by atoms with Crippen LogP contribution in [0.3, 0.4) is 0 Å². The van der Waals surface area contributed by atoms with Crippen LogP contribution >= 0.6 is 0 Å². The second-order valence-corrected chi connectivity index (χ2v) is 9.10. The molecule has 7 nitrogen and oxygen atoms in total. The van der Waals surface area contributed by atoms with Crippen LogP contribution in [0.2, 0.25) is 0 Å². The molecule has 0 saturated carbocycles. The van der Waals surface area contributed by atoms with Crippen molar-refractivity contribution < 1.29 is 14.4 Å². The van der Waals surface area contributed by atoms with Crippen LogP contribution in [-0.4, -0.2) is 84.3 Å². The second-order valence-electron chi connectivity index (χ2n) is 9.10. The van der Waals surface area contributed by atoms with Crippen molar-refractivity contribution in [1.29, 1.82) is 0 Å². The van der Waals surface area contributed by atoms with E-state index in [4.69, 9.17) is 0 Å². The first kappa shape index (κ1) is 24.2. The number of carbonyl (C=O) groups excluding carboxylic acids is 3. The zero-order chi connectivity index (χ0) is 22.9. The molecule has 0 bridgehead atoms. The molecule has 2 aliphatic heterocycles. The van der Waals surface area contributed by atoms with Gasteiger partial charge in [-0.05, 0) is 30.9 Å². The Morgan fingerprint density at radius 1 is 0.875 bits per heavy atom. The number of rotatable bonds is 7. The number of hydrogen-bond acceptors (Lipinski definition) is 4. The Balaban J connectivity index is 1.53. The van der Waals surface area contributed by atoms with E-state index >= 15 is 0 Å². The number of likely N-dealkylation sites (tertiary alicyclic amines) is 1. The lowest BCUT2D eigenvalue weighted by atomic mass is 9.97.